The predicted octanol–water partition coefficient (Wildman–Crippen LogP) is 19.5. The lowest BCUT2D eigenvalue weighted by Crippen LogP contribution is -2.30. The highest BCUT2D eigenvalue weighted by Gasteiger charge is 2.19. The van der Waals surface area contributed by atoms with Crippen LogP contribution in [0.4, 0.5) is 0 Å². The summed E-state index contributed by atoms with van der Waals surface area (Å²) in [4.78, 5) is 38.1. The molecule has 0 spiro atoms. The molecule has 1 unspecified atom stereocenters. The van der Waals surface area contributed by atoms with E-state index in [-0.39, 0.29) is 31.1 Å². The Balaban J connectivity index is 4.18. The minimum atomic E-state index is -0.764. The highest BCUT2D eigenvalue weighted by atomic mass is 16.6. The van der Waals surface area contributed by atoms with Crippen LogP contribution in [0.3, 0.4) is 0 Å². The van der Waals surface area contributed by atoms with Crippen molar-refractivity contribution < 1.29 is 28.6 Å². The van der Waals surface area contributed by atoms with Gasteiger partial charge < -0.3 is 14.2 Å². The van der Waals surface area contributed by atoms with Gasteiger partial charge in [0.1, 0.15) is 13.2 Å². The Labute approximate surface area is 412 Å². The molecule has 0 heterocycles. The van der Waals surface area contributed by atoms with Crippen molar-refractivity contribution in [3.8, 4) is 0 Å². The van der Waals surface area contributed by atoms with E-state index in [1.165, 1.54) is 212 Å². The molecule has 0 bridgehead atoms. The fourth-order valence-corrected chi connectivity index (χ4v) is 9.14. The maximum absolute atomic E-state index is 12.8. The first-order valence-electron chi connectivity index (χ1n) is 29.6. The van der Waals surface area contributed by atoms with Crippen LogP contribution in [0.2, 0.25) is 0 Å². The van der Waals surface area contributed by atoms with Crippen LogP contribution in [0.5, 0.6) is 0 Å². The molecular weight excluding hydrogens is 817 g/mol. The third-order valence-corrected chi connectivity index (χ3v) is 14.0. The van der Waals surface area contributed by atoms with Gasteiger partial charge in [-0.25, -0.2) is 0 Å². The van der Waals surface area contributed by atoms with E-state index in [0.29, 0.717) is 19.3 Å². The maximum atomic E-state index is 12.8. The van der Waals surface area contributed by atoms with E-state index in [0.717, 1.165) is 75.5 Å². The third-order valence-electron chi connectivity index (χ3n) is 14.0. The van der Waals surface area contributed by atoms with Crippen LogP contribution < -0.4 is 0 Å². The number of hydrogen-bond acceptors (Lipinski definition) is 6. The van der Waals surface area contributed by atoms with Crippen molar-refractivity contribution in [1.29, 1.82) is 0 Å². The standard InChI is InChI=1S/C60H116O6/c1-7-56(6)48-42-36-30-24-20-16-12-10-8-9-11-13-17-21-25-31-37-43-49-58(61)64-52-57(66-60(63)51-45-39-33-27-29-35-41-47-55(4)5)53-65-59(62)50-44-38-32-26-22-18-14-15-19-23-28-34-40-46-54(2)3/h54-57H,7-53H2,1-6H3/t56?,57-/m0/s1. The van der Waals surface area contributed by atoms with Crippen LogP contribution in [-0.2, 0) is 28.6 Å². The molecule has 66 heavy (non-hydrogen) atoms. The summed E-state index contributed by atoms with van der Waals surface area (Å²) in [5.41, 5.74) is 0. The van der Waals surface area contributed by atoms with Crippen molar-refractivity contribution in [2.75, 3.05) is 13.2 Å². The van der Waals surface area contributed by atoms with Crippen LogP contribution in [0.25, 0.3) is 0 Å². The second kappa shape index (κ2) is 51.3. The molecule has 6 nitrogen and oxygen atoms in total. The summed E-state index contributed by atoms with van der Waals surface area (Å²) in [6.07, 6.45) is 53.9. The van der Waals surface area contributed by atoms with Gasteiger partial charge in [0, 0.05) is 19.3 Å². The maximum Gasteiger partial charge on any atom is 0.306 e. The lowest BCUT2D eigenvalue weighted by atomic mass is 9.99. The molecule has 0 fully saturated rings. The summed E-state index contributed by atoms with van der Waals surface area (Å²) in [6.45, 7) is 13.8. The monoisotopic (exact) mass is 933 g/mol. The predicted molar refractivity (Wildman–Crippen MR) is 284 cm³/mol. The molecular formula is C60H116O6. The molecule has 0 rings (SSSR count). The minimum Gasteiger partial charge on any atom is -0.462 e. The fourth-order valence-electron chi connectivity index (χ4n) is 9.14. The first-order valence-corrected chi connectivity index (χ1v) is 29.6. The molecule has 0 aromatic carbocycles. The second-order valence-electron chi connectivity index (χ2n) is 21.8. The SMILES string of the molecule is CCC(C)CCCCCCCCCCCCCCCCCCCCC(=O)OC[C@@H](COC(=O)CCCCCCCCCCCCCCCC(C)C)OC(=O)CCCCCCCCCC(C)C. The Hall–Kier alpha value is -1.59. The summed E-state index contributed by atoms with van der Waals surface area (Å²) in [6, 6.07) is 0. The van der Waals surface area contributed by atoms with Gasteiger partial charge in [0.05, 0.1) is 0 Å². The molecule has 392 valence electrons. The van der Waals surface area contributed by atoms with Crippen molar-refractivity contribution in [2.45, 2.75) is 337 Å². The number of esters is 3. The van der Waals surface area contributed by atoms with Crippen molar-refractivity contribution >= 4 is 17.9 Å². The molecule has 0 aliphatic carbocycles. The van der Waals surface area contributed by atoms with Crippen molar-refractivity contribution in [3.05, 3.63) is 0 Å². The zero-order valence-corrected chi connectivity index (χ0v) is 45.5. The normalized spacial score (nSPS) is 12.5. The van der Waals surface area contributed by atoms with Gasteiger partial charge >= 0.3 is 17.9 Å². The smallest absolute Gasteiger partial charge is 0.306 e. The van der Waals surface area contributed by atoms with Gasteiger partial charge in [0.15, 0.2) is 6.10 Å². The van der Waals surface area contributed by atoms with Crippen LogP contribution in [0, 0.1) is 17.8 Å². The number of carbonyl (C=O) groups is 3. The Bertz CT molecular complexity index is 1020. The van der Waals surface area contributed by atoms with Gasteiger partial charge in [-0.2, -0.15) is 0 Å². The number of rotatable bonds is 53. The summed E-state index contributed by atoms with van der Waals surface area (Å²) in [5.74, 6) is 1.68. The van der Waals surface area contributed by atoms with E-state index in [9.17, 15) is 14.4 Å². The van der Waals surface area contributed by atoms with E-state index < -0.39 is 6.10 Å². The number of hydrogen-bond donors (Lipinski definition) is 0. The quantitative estimate of drug-likeness (QED) is 0.0343. The largest absolute Gasteiger partial charge is 0.462 e. The van der Waals surface area contributed by atoms with Crippen molar-refractivity contribution in [3.63, 3.8) is 0 Å². The summed E-state index contributed by atoms with van der Waals surface area (Å²) < 4.78 is 16.9. The number of carbonyl (C=O) groups excluding carboxylic acids is 3. The highest BCUT2D eigenvalue weighted by Crippen LogP contribution is 2.19. The molecule has 0 aliphatic rings. The van der Waals surface area contributed by atoms with Crippen LogP contribution in [0.15, 0.2) is 0 Å². The van der Waals surface area contributed by atoms with E-state index in [1.807, 2.05) is 0 Å². The molecule has 0 radical (unpaired) electrons. The average Bonchev–Trinajstić information content (AvgIpc) is 3.29. The van der Waals surface area contributed by atoms with Gasteiger partial charge in [-0.1, -0.05) is 292 Å². The molecule has 0 N–H and O–H groups in total. The van der Waals surface area contributed by atoms with Crippen LogP contribution >= 0.6 is 0 Å². The summed E-state index contributed by atoms with van der Waals surface area (Å²) in [5, 5.41) is 0. The lowest BCUT2D eigenvalue weighted by Gasteiger charge is -2.18. The first kappa shape index (κ1) is 64.4. The zero-order chi connectivity index (χ0) is 48.4. The molecule has 6 heteroatoms. The molecule has 0 aromatic heterocycles. The van der Waals surface area contributed by atoms with E-state index in [2.05, 4.69) is 41.5 Å². The van der Waals surface area contributed by atoms with Crippen LogP contribution in [0.1, 0.15) is 330 Å². The van der Waals surface area contributed by atoms with Crippen molar-refractivity contribution in [2.24, 2.45) is 17.8 Å². The third kappa shape index (κ3) is 51.8. The van der Waals surface area contributed by atoms with E-state index >= 15 is 0 Å². The molecule has 0 saturated heterocycles. The van der Waals surface area contributed by atoms with E-state index in [4.69, 9.17) is 14.2 Å². The van der Waals surface area contributed by atoms with Gasteiger partial charge in [0.25, 0.3) is 0 Å². The molecule has 0 aromatic rings. The average molecular weight is 934 g/mol. The lowest BCUT2D eigenvalue weighted by molar-refractivity contribution is -0.167. The van der Waals surface area contributed by atoms with Gasteiger partial charge in [-0.3, -0.25) is 14.4 Å². The molecule has 2 atom stereocenters. The minimum absolute atomic E-state index is 0.0642. The Morgan fingerprint density at radius 1 is 0.303 bits per heavy atom. The van der Waals surface area contributed by atoms with Gasteiger partial charge in [-0.15, -0.1) is 0 Å². The molecule has 0 saturated carbocycles. The number of ether oxygens (including phenoxy) is 3. The van der Waals surface area contributed by atoms with Crippen LogP contribution in [-0.4, -0.2) is 37.2 Å². The Morgan fingerprint density at radius 2 is 0.530 bits per heavy atom. The molecule has 0 amide bonds. The molecule has 0 aliphatic heterocycles. The summed E-state index contributed by atoms with van der Waals surface area (Å²) in [7, 11) is 0. The Kier molecular flexibility index (Phi) is 50.0. The van der Waals surface area contributed by atoms with Gasteiger partial charge in [0.2, 0.25) is 0 Å². The zero-order valence-electron chi connectivity index (χ0n) is 45.5. The van der Waals surface area contributed by atoms with Crippen molar-refractivity contribution in [1.82, 2.24) is 0 Å². The summed E-state index contributed by atoms with van der Waals surface area (Å²) >= 11 is 0. The van der Waals surface area contributed by atoms with E-state index in [1.54, 1.807) is 0 Å². The first-order chi connectivity index (χ1) is 32.1. The highest BCUT2D eigenvalue weighted by molar-refractivity contribution is 5.71. The Morgan fingerprint density at radius 3 is 0.788 bits per heavy atom. The van der Waals surface area contributed by atoms with Gasteiger partial charge in [-0.05, 0) is 37.0 Å². The topological polar surface area (TPSA) is 78.9 Å². The second-order valence-corrected chi connectivity index (χ2v) is 21.8. The fraction of sp³-hybridized carbons (Fsp3) is 0.950. The number of unbranched alkanes of at least 4 members (excludes halogenated alkanes) is 35.